The summed E-state index contributed by atoms with van der Waals surface area (Å²) >= 11 is 0. The van der Waals surface area contributed by atoms with Crippen LogP contribution in [0.5, 0.6) is 0 Å². The Morgan fingerprint density at radius 3 is 2.60 bits per heavy atom. The van der Waals surface area contributed by atoms with Crippen molar-refractivity contribution in [3.05, 3.63) is 0 Å². The van der Waals surface area contributed by atoms with Crippen molar-refractivity contribution in [1.29, 1.82) is 0 Å². The SMILES string of the molecule is CC(C)CN1CC(C(=O)N[C@H](CCO)C(=O)O)CC1=O. The van der Waals surface area contributed by atoms with Gasteiger partial charge in [-0.25, -0.2) is 4.79 Å². The zero-order chi connectivity index (χ0) is 15.3. The molecule has 20 heavy (non-hydrogen) atoms. The summed E-state index contributed by atoms with van der Waals surface area (Å²) in [4.78, 5) is 36.3. The van der Waals surface area contributed by atoms with E-state index in [0.29, 0.717) is 19.0 Å². The van der Waals surface area contributed by atoms with Gasteiger partial charge in [-0.05, 0) is 5.92 Å². The number of aliphatic hydroxyl groups excluding tert-OH is 1. The van der Waals surface area contributed by atoms with E-state index in [0.717, 1.165) is 0 Å². The molecule has 1 aliphatic heterocycles. The standard InChI is InChI=1S/C13H22N2O5/c1-8(2)6-15-7-9(5-11(15)17)12(18)14-10(3-4-16)13(19)20/h8-10,16H,3-7H2,1-2H3,(H,14,18)(H,19,20)/t9?,10-/m1/s1. The lowest BCUT2D eigenvalue weighted by atomic mass is 10.1. The summed E-state index contributed by atoms with van der Waals surface area (Å²) in [5.74, 6) is -1.89. The number of carbonyl (C=O) groups is 3. The molecular formula is C13H22N2O5. The zero-order valence-corrected chi connectivity index (χ0v) is 11.8. The number of hydrogen-bond acceptors (Lipinski definition) is 4. The molecule has 0 bridgehead atoms. The van der Waals surface area contributed by atoms with Gasteiger partial charge in [-0.3, -0.25) is 9.59 Å². The highest BCUT2D eigenvalue weighted by molar-refractivity contribution is 5.91. The summed E-state index contributed by atoms with van der Waals surface area (Å²) in [6.45, 7) is 4.58. The zero-order valence-electron chi connectivity index (χ0n) is 11.8. The monoisotopic (exact) mass is 286 g/mol. The number of carboxylic acid groups (broad SMARTS) is 1. The molecule has 114 valence electrons. The van der Waals surface area contributed by atoms with E-state index < -0.39 is 23.8 Å². The number of carbonyl (C=O) groups excluding carboxylic acids is 2. The van der Waals surface area contributed by atoms with Gasteiger partial charge >= 0.3 is 5.97 Å². The lowest BCUT2D eigenvalue weighted by molar-refractivity contribution is -0.142. The van der Waals surface area contributed by atoms with E-state index in [-0.39, 0.29) is 25.4 Å². The van der Waals surface area contributed by atoms with Crippen LogP contribution in [0.15, 0.2) is 0 Å². The Morgan fingerprint density at radius 2 is 2.10 bits per heavy atom. The number of nitrogens with zero attached hydrogens (tertiary/aromatic N) is 1. The number of aliphatic carboxylic acids is 1. The Kier molecular flexibility index (Phi) is 5.94. The second kappa shape index (κ2) is 7.23. The highest BCUT2D eigenvalue weighted by Gasteiger charge is 2.35. The van der Waals surface area contributed by atoms with E-state index in [1.54, 1.807) is 4.90 Å². The number of carboxylic acids is 1. The molecule has 0 radical (unpaired) electrons. The Bertz CT molecular complexity index is 383. The molecule has 0 aromatic rings. The second-order valence-corrected chi connectivity index (χ2v) is 5.51. The van der Waals surface area contributed by atoms with Crippen molar-refractivity contribution >= 4 is 17.8 Å². The Balaban J connectivity index is 2.56. The number of likely N-dealkylation sites (tertiary alicyclic amines) is 1. The summed E-state index contributed by atoms with van der Waals surface area (Å²) in [5, 5.41) is 20.1. The second-order valence-electron chi connectivity index (χ2n) is 5.51. The largest absolute Gasteiger partial charge is 0.480 e. The van der Waals surface area contributed by atoms with Crippen LogP contribution in [-0.4, -0.2) is 58.6 Å². The normalized spacial score (nSPS) is 20.3. The molecule has 7 nitrogen and oxygen atoms in total. The van der Waals surface area contributed by atoms with Crippen LogP contribution in [0.1, 0.15) is 26.7 Å². The molecule has 3 N–H and O–H groups in total. The van der Waals surface area contributed by atoms with Crippen molar-refractivity contribution in [2.75, 3.05) is 19.7 Å². The number of amides is 2. The average molecular weight is 286 g/mol. The van der Waals surface area contributed by atoms with Gasteiger partial charge in [0.1, 0.15) is 6.04 Å². The number of nitrogens with one attached hydrogen (secondary N) is 1. The van der Waals surface area contributed by atoms with Gasteiger partial charge in [-0.2, -0.15) is 0 Å². The summed E-state index contributed by atoms with van der Waals surface area (Å²) in [6, 6.07) is -1.11. The van der Waals surface area contributed by atoms with E-state index in [1.807, 2.05) is 13.8 Å². The maximum absolute atomic E-state index is 12.0. The van der Waals surface area contributed by atoms with Gasteiger partial charge in [-0.1, -0.05) is 13.8 Å². The van der Waals surface area contributed by atoms with Crippen molar-refractivity contribution in [3.63, 3.8) is 0 Å². The molecule has 0 aromatic carbocycles. The lowest BCUT2D eigenvalue weighted by Gasteiger charge is -2.19. The Morgan fingerprint density at radius 1 is 1.45 bits per heavy atom. The first-order valence-corrected chi connectivity index (χ1v) is 6.77. The molecule has 0 spiro atoms. The maximum atomic E-state index is 12.0. The third-order valence-corrected chi connectivity index (χ3v) is 3.20. The molecule has 1 rings (SSSR count). The summed E-state index contributed by atoms with van der Waals surface area (Å²) in [5.41, 5.74) is 0. The van der Waals surface area contributed by atoms with E-state index in [2.05, 4.69) is 5.32 Å². The van der Waals surface area contributed by atoms with Crippen molar-refractivity contribution in [2.45, 2.75) is 32.7 Å². The minimum absolute atomic E-state index is 0.0442. The molecule has 7 heteroatoms. The first-order chi connectivity index (χ1) is 9.35. The van der Waals surface area contributed by atoms with Gasteiger partial charge in [0.2, 0.25) is 11.8 Å². The Labute approximate surface area is 117 Å². The molecule has 1 saturated heterocycles. The maximum Gasteiger partial charge on any atom is 0.326 e. The minimum Gasteiger partial charge on any atom is -0.480 e. The fourth-order valence-electron chi connectivity index (χ4n) is 2.24. The minimum atomic E-state index is -1.18. The highest BCUT2D eigenvalue weighted by atomic mass is 16.4. The summed E-state index contributed by atoms with van der Waals surface area (Å²) in [7, 11) is 0. The molecule has 0 aliphatic carbocycles. The molecule has 0 aromatic heterocycles. The average Bonchev–Trinajstić information content (AvgIpc) is 2.69. The quantitative estimate of drug-likeness (QED) is 0.582. The number of aliphatic hydroxyl groups is 1. The van der Waals surface area contributed by atoms with Crippen LogP contribution in [0.25, 0.3) is 0 Å². The van der Waals surface area contributed by atoms with Crippen LogP contribution in [0.2, 0.25) is 0 Å². The van der Waals surface area contributed by atoms with E-state index in [1.165, 1.54) is 0 Å². The third-order valence-electron chi connectivity index (χ3n) is 3.20. The predicted molar refractivity (Wildman–Crippen MR) is 70.8 cm³/mol. The van der Waals surface area contributed by atoms with Crippen LogP contribution in [-0.2, 0) is 14.4 Å². The van der Waals surface area contributed by atoms with E-state index >= 15 is 0 Å². The molecule has 2 atom stereocenters. The molecule has 1 heterocycles. The Hall–Kier alpha value is -1.63. The van der Waals surface area contributed by atoms with E-state index in [9.17, 15) is 14.4 Å². The molecule has 0 saturated carbocycles. The van der Waals surface area contributed by atoms with Crippen molar-refractivity contribution in [3.8, 4) is 0 Å². The van der Waals surface area contributed by atoms with Gasteiger partial charge < -0.3 is 20.4 Å². The van der Waals surface area contributed by atoms with Crippen molar-refractivity contribution in [1.82, 2.24) is 10.2 Å². The fourth-order valence-corrected chi connectivity index (χ4v) is 2.24. The summed E-state index contributed by atoms with van der Waals surface area (Å²) < 4.78 is 0. The third kappa shape index (κ3) is 4.48. The highest BCUT2D eigenvalue weighted by Crippen LogP contribution is 2.19. The van der Waals surface area contributed by atoms with Gasteiger partial charge in [-0.15, -0.1) is 0 Å². The lowest BCUT2D eigenvalue weighted by Crippen LogP contribution is -2.44. The fraction of sp³-hybridized carbons (Fsp3) is 0.769. The van der Waals surface area contributed by atoms with Crippen LogP contribution >= 0.6 is 0 Å². The molecule has 1 unspecified atom stereocenters. The topological polar surface area (TPSA) is 107 Å². The summed E-state index contributed by atoms with van der Waals surface area (Å²) in [6.07, 6.45) is 0.0709. The van der Waals surface area contributed by atoms with Crippen LogP contribution in [0.3, 0.4) is 0 Å². The van der Waals surface area contributed by atoms with Crippen molar-refractivity contribution in [2.24, 2.45) is 11.8 Å². The smallest absolute Gasteiger partial charge is 0.326 e. The van der Waals surface area contributed by atoms with Gasteiger partial charge in [0.25, 0.3) is 0 Å². The van der Waals surface area contributed by atoms with Crippen LogP contribution in [0.4, 0.5) is 0 Å². The molecule has 2 amide bonds. The number of rotatable bonds is 7. The first kappa shape index (κ1) is 16.4. The first-order valence-electron chi connectivity index (χ1n) is 6.77. The predicted octanol–water partition coefficient (Wildman–Crippen LogP) is -0.557. The van der Waals surface area contributed by atoms with Gasteiger partial charge in [0.15, 0.2) is 0 Å². The van der Waals surface area contributed by atoms with Crippen molar-refractivity contribution < 1.29 is 24.6 Å². The number of hydrogen-bond donors (Lipinski definition) is 3. The molecular weight excluding hydrogens is 264 g/mol. The van der Waals surface area contributed by atoms with Gasteiger partial charge in [0, 0.05) is 32.5 Å². The van der Waals surface area contributed by atoms with E-state index in [4.69, 9.17) is 10.2 Å². The molecule has 1 fully saturated rings. The van der Waals surface area contributed by atoms with Gasteiger partial charge in [0.05, 0.1) is 5.92 Å². The van der Waals surface area contributed by atoms with Crippen LogP contribution < -0.4 is 5.32 Å². The van der Waals surface area contributed by atoms with Crippen LogP contribution in [0, 0.1) is 11.8 Å². The molecule has 1 aliphatic rings.